The molecule has 0 spiro atoms. The van der Waals surface area contributed by atoms with Gasteiger partial charge in [-0.2, -0.15) is 0 Å². The minimum absolute atomic E-state index is 0.228. The molecule has 1 aliphatic heterocycles. The van der Waals surface area contributed by atoms with Crippen molar-refractivity contribution in [1.29, 1.82) is 0 Å². The summed E-state index contributed by atoms with van der Waals surface area (Å²) in [5.74, 6) is 0. The first-order chi connectivity index (χ1) is 4.88. The van der Waals surface area contributed by atoms with E-state index in [4.69, 9.17) is 0 Å². The van der Waals surface area contributed by atoms with E-state index < -0.39 is 0 Å². The van der Waals surface area contributed by atoms with Crippen molar-refractivity contribution >= 4 is 6.41 Å². The molecule has 0 aromatic carbocycles. The molecule has 1 rings (SSSR count). The SMILES string of the molecule is CNC1CCCCN1[C]=O. The highest BCUT2D eigenvalue weighted by molar-refractivity contribution is 5.48. The minimum Gasteiger partial charge on any atom is -0.319 e. The molecule has 0 bridgehead atoms. The number of piperidine rings is 1. The molecule has 57 valence electrons. The zero-order chi connectivity index (χ0) is 7.40. The van der Waals surface area contributed by atoms with Gasteiger partial charge in [0.2, 0.25) is 0 Å². The van der Waals surface area contributed by atoms with Crippen LogP contribution in [0.3, 0.4) is 0 Å². The first-order valence-electron chi connectivity index (χ1n) is 3.70. The number of amides is 1. The largest absolute Gasteiger partial charge is 0.319 e. The number of nitrogens with one attached hydrogen (secondary N) is 1. The zero-order valence-electron chi connectivity index (χ0n) is 6.26. The Balaban J connectivity index is 2.41. The summed E-state index contributed by atoms with van der Waals surface area (Å²) in [4.78, 5) is 12.0. The third kappa shape index (κ3) is 1.48. The summed E-state index contributed by atoms with van der Waals surface area (Å²) in [6, 6.07) is 0. The molecule has 0 aromatic rings. The van der Waals surface area contributed by atoms with E-state index in [2.05, 4.69) is 5.32 Å². The average Bonchev–Trinajstić information content (AvgIpc) is 2.04. The monoisotopic (exact) mass is 141 g/mol. The van der Waals surface area contributed by atoms with Crippen molar-refractivity contribution < 1.29 is 4.79 Å². The Kier molecular flexibility index (Phi) is 2.68. The Morgan fingerprint density at radius 2 is 2.40 bits per heavy atom. The van der Waals surface area contributed by atoms with Crippen molar-refractivity contribution in [3.63, 3.8) is 0 Å². The molecule has 1 radical (unpaired) electrons. The second-order valence-corrected chi connectivity index (χ2v) is 2.58. The van der Waals surface area contributed by atoms with Gasteiger partial charge < -0.3 is 10.2 Å². The van der Waals surface area contributed by atoms with Crippen LogP contribution in [-0.2, 0) is 4.79 Å². The molecule has 0 aromatic heterocycles. The summed E-state index contributed by atoms with van der Waals surface area (Å²) in [6.45, 7) is 0.856. The molecule has 1 saturated heterocycles. The number of hydrogen-bond donors (Lipinski definition) is 1. The highest BCUT2D eigenvalue weighted by Crippen LogP contribution is 2.11. The summed E-state index contributed by atoms with van der Waals surface area (Å²) in [5.41, 5.74) is 0. The Hall–Kier alpha value is -0.570. The Morgan fingerprint density at radius 3 is 2.90 bits per heavy atom. The van der Waals surface area contributed by atoms with E-state index in [1.54, 1.807) is 4.90 Å². The van der Waals surface area contributed by atoms with Crippen molar-refractivity contribution in [2.24, 2.45) is 0 Å². The number of likely N-dealkylation sites (tertiary alicyclic amines) is 1. The van der Waals surface area contributed by atoms with Gasteiger partial charge >= 0.3 is 6.41 Å². The lowest BCUT2D eigenvalue weighted by molar-refractivity contribution is 0.205. The van der Waals surface area contributed by atoms with Crippen LogP contribution in [-0.4, -0.2) is 31.1 Å². The van der Waals surface area contributed by atoms with E-state index in [1.807, 2.05) is 13.5 Å². The second kappa shape index (κ2) is 3.56. The van der Waals surface area contributed by atoms with Crippen molar-refractivity contribution in [2.75, 3.05) is 13.6 Å². The fourth-order valence-electron chi connectivity index (χ4n) is 1.34. The van der Waals surface area contributed by atoms with Crippen molar-refractivity contribution in [2.45, 2.75) is 25.4 Å². The van der Waals surface area contributed by atoms with Gasteiger partial charge in [0.05, 0.1) is 6.17 Å². The molecular formula is C7H13N2O. The predicted molar refractivity (Wildman–Crippen MR) is 39.1 cm³/mol. The van der Waals surface area contributed by atoms with Crippen molar-refractivity contribution in [3.05, 3.63) is 0 Å². The number of nitrogens with zero attached hydrogens (tertiary/aromatic N) is 1. The Morgan fingerprint density at radius 1 is 1.60 bits per heavy atom. The van der Waals surface area contributed by atoms with Crippen LogP contribution in [0.2, 0.25) is 0 Å². The lowest BCUT2D eigenvalue weighted by Crippen LogP contribution is -2.46. The molecule has 1 heterocycles. The van der Waals surface area contributed by atoms with E-state index in [1.165, 1.54) is 6.42 Å². The highest BCUT2D eigenvalue weighted by atomic mass is 16.1. The van der Waals surface area contributed by atoms with Crippen molar-refractivity contribution in [3.8, 4) is 0 Å². The van der Waals surface area contributed by atoms with Crippen LogP contribution in [0.15, 0.2) is 0 Å². The van der Waals surface area contributed by atoms with Crippen LogP contribution >= 0.6 is 0 Å². The van der Waals surface area contributed by atoms with Crippen LogP contribution in [0.25, 0.3) is 0 Å². The highest BCUT2D eigenvalue weighted by Gasteiger charge is 2.18. The minimum atomic E-state index is 0.228. The van der Waals surface area contributed by atoms with Crippen LogP contribution < -0.4 is 5.32 Å². The van der Waals surface area contributed by atoms with Gasteiger partial charge in [0.15, 0.2) is 0 Å². The number of rotatable bonds is 2. The van der Waals surface area contributed by atoms with Gasteiger partial charge in [-0.05, 0) is 26.3 Å². The molecule has 1 amide bonds. The summed E-state index contributed by atoms with van der Waals surface area (Å²) in [7, 11) is 1.88. The summed E-state index contributed by atoms with van der Waals surface area (Å²) < 4.78 is 0. The molecule has 10 heavy (non-hydrogen) atoms. The Bertz CT molecular complexity index is 116. The maximum absolute atomic E-state index is 10.3. The summed E-state index contributed by atoms with van der Waals surface area (Å²) >= 11 is 0. The summed E-state index contributed by atoms with van der Waals surface area (Å²) in [6.07, 6.45) is 5.55. The topological polar surface area (TPSA) is 32.3 Å². The maximum Gasteiger partial charge on any atom is 0.313 e. The van der Waals surface area contributed by atoms with E-state index >= 15 is 0 Å². The van der Waals surface area contributed by atoms with Gasteiger partial charge in [0, 0.05) is 6.54 Å². The third-order valence-electron chi connectivity index (χ3n) is 1.95. The molecule has 3 nitrogen and oxygen atoms in total. The number of hydrogen-bond acceptors (Lipinski definition) is 2. The van der Waals surface area contributed by atoms with Gasteiger partial charge in [0.25, 0.3) is 0 Å². The molecule has 3 heteroatoms. The van der Waals surface area contributed by atoms with Crippen LogP contribution in [0.1, 0.15) is 19.3 Å². The summed E-state index contributed by atoms with van der Waals surface area (Å²) in [5, 5.41) is 3.07. The fraction of sp³-hybridized carbons (Fsp3) is 0.857. The van der Waals surface area contributed by atoms with E-state index in [0.29, 0.717) is 0 Å². The fourth-order valence-corrected chi connectivity index (χ4v) is 1.34. The first-order valence-corrected chi connectivity index (χ1v) is 3.70. The van der Waals surface area contributed by atoms with E-state index in [-0.39, 0.29) is 6.17 Å². The molecule has 0 aliphatic carbocycles. The molecule has 1 fully saturated rings. The lowest BCUT2D eigenvalue weighted by Gasteiger charge is -2.31. The number of carbonyl (C=O) groups excluding carboxylic acids is 1. The standard InChI is InChI=1S/C7H13N2O/c1-8-7-4-2-3-5-9(7)6-10/h7-8H,2-5H2,1H3. The van der Waals surface area contributed by atoms with Gasteiger partial charge in [-0.1, -0.05) is 0 Å². The molecule has 1 atom stereocenters. The van der Waals surface area contributed by atoms with Gasteiger partial charge in [0.1, 0.15) is 0 Å². The van der Waals surface area contributed by atoms with Crippen LogP contribution in [0, 0.1) is 0 Å². The normalized spacial score (nSPS) is 26.5. The average molecular weight is 141 g/mol. The Labute approximate surface area is 61.4 Å². The first kappa shape index (κ1) is 7.54. The predicted octanol–water partition coefficient (Wildman–Crippen LogP) is 0.0850. The van der Waals surface area contributed by atoms with Gasteiger partial charge in [-0.3, -0.25) is 4.79 Å². The molecule has 1 aliphatic rings. The lowest BCUT2D eigenvalue weighted by atomic mass is 10.1. The quantitative estimate of drug-likeness (QED) is 0.591. The van der Waals surface area contributed by atoms with Gasteiger partial charge in [-0.15, -0.1) is 0 Å². The van der Waals surface area contributed by atoms with Gasteiger partial charge in [-0.25, -0.2) is 0 Å². The molecule has 0 saturated carbocycles. The van der Waals surface area contributed by atoms with Crippen LogP contribution in [0.5, 0.6) is 0 Å². The zero-order valence-corrected chi connectivity index (χ0v) is 6.26. The second-order valence-electron chi connectivity index (χ2n) is 2.58. The molecule has 1 N–H and O–H groups in total. The van der Waals surface area contributed by atoms with Crippen LogP contribution in [0.4, 0.5) is 0 Å². The van der Waals surface area contributed by atoms with E-state index in [0.717, 1.165) is 19.4 Å². The van der Waals surface area contributed by atoms with E-state index in [9.17, 15) is 4.79 Å². The third-order valence-corrected chi connectivity index (χ3v) is 1.95. The van der Waals surface area contributed by atoms with Crippen molar-refractivity contribution in [1.82, 2.24) is 10.2 Å². The smallest absolute Gasteiger partial charge is 0.313 e. The molecular weight excluding hydrogens is 128 g/mol. The maximum atomic E-state index is 10.3. The molecule has 1 unspecified atom stereocenters.